The molecule has 1 aromatic rings. The number of carbonyl (C=O) groups is 1. The third kappa shape index (κ3) is 2.90. The highest BCUT2D eigenvalue weighted by atomic mass is 16.7. The Bertz CT molecular complexity index is 415. The molecule has 1 aliphatic rings. The second kappa shape index (κ2) is 5.08. The molecule has 1 heterocycles. The summed E-state index contributed by atoms with van der Waals surface area (Å²) < 4.78 is 10.5. The van der Waals surface area contributed by atoms with Crippen molar-refractivity contribution in [3.8, 4) is 11.5 Å². The normalized spacial score (nSPS) is 12.9. The van der Waals surface area contributed by atoms with Crippen LogP contribution < -0.4 is 14.8 Å². The van der Waals surface area contributed by atoms with Crippen molar-refractivity contribution < 1.29 is 14.3 Å². The van der Waals surface area contributed by atoms with E-state index in [4.69, 9.17) is 9.47 Å². The van der Waals surface area contributed by atoms with Crippen molar-refractivity contribution in [2.24, 2.45) is 5.92 Å². The number of hydrogen-bond acceptors (Lipinski definition) is 3. The lowest BCUT2D eigenvalue weighted by molar-refractivity contribution is -0.123. The molecular formula is C13H17NO3. The summed E-state index contributed by atoms with van der Waals surface area (Å²) in [6.07, 6.45) is 0.801. The number of amides is 1. The molecule has 0 saturated heterocycles. The molecule has 0 spiro atoms. The van der Waals surface area contributed by atoms with Gasteiger partial charge in [0.1, 0.15) is 0 Å². The minimum Gasteiger partial charge on any atom is -0.454 e. The van der Waals surface area contributed by atoms with Crippen LogP contribution in [0.5, 0.6) is 11.5 Å². The molecule has 1 aliphatic heterocycles. The average molecular weight is 235 g/mol. The summed E-state index contributed by atoms with van der Waals surface area (Å²) in [7, 11) is 0. The first kappa shape index (κ1) is 11.8. The Balaban J connectivity index is 1.85. The summed E-state index contributed by atoms with van der Waals surface area (Å²) in [5.74, 6) is 1.70. The molecule has 0 radical (unpaired) electrons. The van der Waals surface area contributed by atoms with E-state index in [-0.39, 0.29) is 11.8 Å². The van der Waals surface area contributed by atoms with Gasteiger partial charge in [0.25, 0.3) is 0 Å². The number of ether oxygens (including phenoxy) is 2. The van der Waals surface area contributed by atoms with Crippen molar-refractivity contribution in [2.45, 2.75) is 20.3 Å². The number of rotatable bonds is 4. The molecule has 4 nitrogen and oxygen atoms in total. The zero-order chi connectivity index (χ0) is 12.3. The monoisotopic (exact) mass is 235 g/mol. The van der Waals surface area contributed by atoms with Gasteiger partial charge in [-0.2, -0.15) is 0 Å². The minimum absolute atomic E-state index is 0.0340. The first-order valence-electron chi connectivity index (χ1n) is 5.83. The Morgan fingerprint density at radius 1 is 1.35 bits per heavy atom. The van der Waals surface area contributed by atoms with E-state index in [2.05, 4.69) is 5.32 Å². The minimum atomic E-state index is 0.0340. The largest absolute Gasteiger partial charge is 0.454 e. The van der Waals surface area contributed by atoms with Crippen LogP contribution in [0.15, 0.2) is 18.2 Å². The van der Waals surface area contributed by atoms with E-state index in [0.717, 1.165) is 23.5 Å². The first-order valence-corrected chi connectivity index (χ1v) is 5.83. The molecule has 0 saturated carbocycles. The summed E-state index contributed by atoms with van der Waals surface area (Å²) in [4.78, 5) is 11.4. The number of benzene rings is 1. The highest BCUT2D eigenvalue weighted by molar-refractivity contribution is 5.77. The van der Waals surface area contributed by atoms with Crippen LogP contribution in [-0.4, -0.2) is 19.2 Å². The number of fused-ring (bicyclic) bond motifs is 1. The summed E-state index contributed by atoms with van der Waals surface area (Å²) in [6, 6.07) is 5.86. The third-order valence-corrected chi connectivity index (χ3v) is 2.67. The molecule has 1 amide bonds. The maximum Gasteiger partial charge on any atom is 0.231 e. The SMILES string of the molecule is CC(C)C(=O)NCCc1ccc2c(c1)OCO2. The van der Waals surface area contributed by atoms with Crippen molar-refractivity contribution in [3.05, 3.63) is 23.8 Å². The van der Waals surface area contributed by atoms with Crippen molar-refractivity contribution in [3.63, 3.8) is 0 Å². The highest BCUT2D eigenvalue weighted by Gasteiger charge is 2.13. The van der Waals surface area contributed by atoms with Gasteiger partial charge in [-0.3, -0.25) is 4.79 Å². The summed E-state index contributed by atoms with van der Waals surface area (Å²) in [6.45, 7) is 4.71. The maximum absolute atomic E-state index is 11.4. The smallest absolute Gasteiger partial charge is 0.231 e. The van der Waals surface area contributed by atoms with Crippen molar-refractivity contribution in [1.82, 2.24) is 5.32 Å². The standard InChI is InChI=1S/C13H17NO3/c1-9(2)13(15)14-6-5-10-3-4-11-12(7-10)17-8-16-11/h3-4,7,9H,5-6,8H2,1-2H3,(H,14,15). The topological polar surface area (TPSA) is 47.6 Å². The molecule has 1 aromatic carbocycles. The third-order valence-electron chi connectivity index (χ3n) is 2.67. The van der Waals surface area contributed by atoms with E-state index >= 15 is 0 Å². The van der Waals surface area contributed by atoms with E-state index in [9.17, 15) is 4.79 Å². The molecule has 92 valence electrons. The Labute approximate surface area is 101 Å². The summed E-state index contributed by atoms with van der Waals surface area (Å²) in [5, 5.41) is 2.89. The average Bonchev–Trinajstić information content (AvgIpc) is 2.75. The maximum atomic E-state index is 11.4. The van der Waals surface area contributed by atoms with E-state index in [1.165, 1.54) is 0 Å². The molecule has 0 aliphatic carbocycles. The Morgan fingerprint density at radius 2 is 2.12 bits per heavy atom. The van der Waals surface area contributed by atoms with Gasteiger partial charge in [0.15, 0.2) is 11.5 Å². The van der Waals surface area contributed by atoms with Crippen LogP contribution in [0.25, 0.3) is 0 Å². The number of carbonyl (C=O) groups excluding carboxylic acids is 1. The lowest BCUT2D eigenvalue weighted by atomic mass is 10.1. The van der Waals surface area contributed by atoms with Crippen LogP contribution in [0.2, 0.25) is 0 Å². The van der Waals surface area contributed by atoms with Crippen LogP contribution >= 0.6 is 0 Å². The van der Waals surface area contributed by atoms with E-state index in [0.29, 0.717) is 13.3 Å². The number of hydrogen-bond donors (Lipinski definition) is 1. The Hall–Kier alpha value is -1.71. The molecule has 17 heavy (non-hydrogen) atoms. The Kier molecular flexibility index (Phi) is 3.52. The molecule has 0 aromatic heterocycles. The molecule has 0 fully saturated rings. The fourth-order valence-electron chi connectivity index (χ4n) is 1.63. The van der Waals surface area contributed by atoms with Crippen LogP contribution in [0.1, 0.15) is 19.4 Å². The summed E-state index contributed by atoms with van der Waals surface area (Å²) in [5.41, 5.74) is 1.14. The van der Waals surface area contributed by atoms with Gasteiger partial charge in [0.2, 0.25) is 12.7 Å². The molecule has 0 atom stereocenters. The van der Waals surface area contributed by atoms with Gasteiger partial charge in [-0.05, 0) is 24.1 Å². The van der Waals surface area contributed by atoms with E-state index < -0.39 is 0 Å². The molecule has 0 unspecified atom stereocenters. The quantitative estimate of drug-likeness (QED) is 0.864. The predicted molar refractivity (Wildman–Crippen MR) is 64.1 cm³/mol. The Morgan fingerprint density at radius 3 is 2.88 bits per heavy atom. The molecular weight excluding hydrogens is 218 g/mol. The van der Waals surface area contributed by atoms with Crippen molar-refractivity contribution in [2.75, 3.05) is 13.3 Å². The lowest BCUT2D eigenvalue weighted by Gasteiger charge is -2.07. The van der Waals surface area contributed by atoms with Crippen molar-refractivity contribution in [1.29, 1.82) is 0 Å². The summed E-state index contributed by atoms with van der Waals surface area (Å²) >= 11 is 0. The van der Waals surface area contributed by atoms with Crippen LogP contribution in [0, 0.1) is 5.92 Å². The van der Waals surface area contributed by atoms with Crippen LogP contribution in [0.3, 0.4) is 0 Å². The number of nitrogens with one attached hydrogen (secondary N) is 1. The molecule has 1 N–H and O–H groups in total. The van der Waals surface area contributed by atoms with Gasteiger partial charge in [0.05, 0.1) is 0 Å². The van der Waals surface area contributed by atoms with Crippen LogP contribution in [-0.2, 0) is 11.2 Å². The fourth-order valence-corrected chi connectivity index (χ4v) is 1.63. The molecule has 0 bridgehead atoms. The fraction of sp³-hybridized carbons (Fsp3) is 0.462. The van der Waals surface area contributed by atoms with Gasteiger partial charge >= 0.3 is 0 Å². The van der Waals surface area contributed by atoms with Gasteiger partial charge in [-0.25, -0.2) is 0 Å². The second-order valence-corrected chi connectivity index (χ2v) is 4.38. The van der Waals surface area contributed by atoms with Gasteiger partial charge in [0, 0.05) is 12.5 Å². The zero-order valence-electron chi connectivity index (χ0n) is 10.2. The second-order valence-electron chi connectivity index (χ2n) is 4.38. The van der Waals surface area contributed by atoms with E-state index in [1.54, 1.807) is 0 Å². The van der Waals surface area contributed by atoms with Gasteiger partial charge < -0.3 is 14.8 Å². The van der Waals surface area contributed by atoms with Crippen LogP contribution in [0.4, 0.5) is 0 Å². The predicted octanol–water partition coefficient (Wildman–Crippen LogP) is 1.73. The first-order chi connectivity index (χ1) is 8.16. The highest BCUT2D eigenvalue weighted by Crippen LogP contribution is 2.32. The van der Waals surface area contributed by atoms with Crippen molar-refractivity contribution >= 4 is 5.91 Å². The zero-order valence-corrected chi connectivity index (χ0v) is 10.2. The molecule has 4 heteroatoms. The lowest BCUT2D eigenvalue weighted by Crippen LogP contribution is -2.29. The van der Waals surface area contributed by atoms with E-state index in [1.807, 2.05) is 32.0 Å². The van der Waals surface area contributed by atoms with Gasteiger partial charge in [-0.1, -0.05) is 19.9 Å². The van der Waals surface area contributed by atoms with Gasteiger partial charge in [-0.15, -0.1) is 0 Å². The molecule has 2 rings (SSSR count).